The fourth-order valence-electron chi connectivity index (χ4n) is 6.18. The van der Waals surface area contributed by atoms with Crippen molar-refractivity contribution in [3.05, 3.63) is 59.8 Å². The van der Waals surface area contributed by atoms with Crippen molar-refractivity contribution < 1.29 is 29.4 Å². The van der Waals surface area contributed by atoms with Crippen molar-refractivity contribution in [2.45, 2.75) is 58.0 Å². The van der Waals surface area contributed by atoms with E-state index < -0.39 is 17.9 Å². The van der Waals surface area contributed by atoms with Gasteiger partial charge in [-0.1, -0.05) is 44.2 Å². The summed E-state index contributed by atoms with van der Waals surface area (Å²) < 4.78 is 7.45. The van der Waals surface area contributed by atoms with Crippen LogP contribution >= 0.6 is 0 Å². The standard InChI is InChI=1S/C31H39N3O6/c1-3-13-34(40-15-4-2)28(35)20-33-19-25(21-9-10-27-22(17-21)12-16-39-27)29(31(37)38)26(33)11-14-32-18-23-7-5-6-8-24(23)30(32)36/h5-10,17-18,25-26,29,36H,3-4,11-16,19-20H2,1-2H3,(H,37,38)/t25-,26+,29-/m1/s1. The molecule has 2 aromatic carbocycles. The van der Waals surface area contributed by atoms with Gasteiger partial charge in [-0.3, -0.25) is 19.3 Å². The van der Waals surface area contributed by atoms with E-state index >= 15 is 0 Å². The fourth-order valence-corrected chi connectivity index (χ4v) is 6.18. The number of aliphatic carboxylic acids is 1. The Labute approximate surface area is 234 Å². The maximum Gasteiger partial charge on any atom is 0.308 e. The third-order valence-corrected chi connectivity index (χ3v) is 8.10. The Morgan fingerprint density at radius 1 is 1.15 bits per heavy atom. The lowest BCUT2D eigenvalue weighted by atomic mass is 9.83. The number of likely N-dealkylation sites (tertiary alicyclic amines) is 1. The molecule has 214 valence electrons. The zero-order valence-electron chi connectivity index (χ0n) is 23.3. The van der Waals surface area contributed by atoms with Crippen molar-refractivity contribution in [1.29, 1.82) is 0 Å². The summed E-state index contributed by atoms with van der Waals surface area (Å²) in [6, 6.07) is 13.2. The number of aryl methyl sites for hydroxylation is 1. The third kappa shape index (κ3) is 5.67. The third-order valence-electron chi connectivity index (χ3n) is 8.10. The van der Waals surface area contributed by atoms with Gasteiger partial charge in [-0.25, -0.2) is 5.06 Å². The number of hydroxylamine groups is 2. The molecule has 0 spiro atoms. The van der Waals surface area contributed by atoms with E-state index in [2.05, 4.69) is 6.07 Å². The molecule has 1 amide bonds. The maximum atomic E-state index is 13.4. The van der Waals surface area contributed by atoms with E-state index in [0.29, 0.717) is 39.3 Å². The molecular formula is C31H39N3O6. The summed E-state index contributed by atoms with van der Waals surface area (Å²) in [5, 5.41) is 24.5. The number of amides is 1. The van der Waals surface area contributed by atoms with Crippen LogP contribution in [0.4, 0.5) is 0 Å². The predicted octanol–water partition coefficient (Wildman–Crippen LogP) is 4.42. The minimum absolute atomic E-state index is 0.0718. The number of aromatic nitrogens is 1. The molecule has 9 heteroatoms. The number of carboxylic acids is 1. The van der Waals surface area contributed by atoms with Crippen LogP contribution in [0.3, 0.4) is 0 Å². The second kappa shape index (κ2) is 12.3. The highest BCUT2D eigenvalue weighted by Gasteiger charge is 2.47. The molecule has 1 saturated heterocycles. The summed E-state index contributed by atoms with van der Waals surface area (Å²) in [5.41, 5.74) is 2.05. The minimum Gasteiger partial charge on any atom is -0.494 e. The number of fused-ring (bicyclic) bond motifs is 2. The summed E-state index contributed by atoms with van der Waals surface area (Å²) in [5.74, 6) is -1.01. The first-order chi connectivity index (χ1) is 19.4. The van der Waals surface area contributed by atoms with E-state index in [1.165, 1.54) is 5.06 Å². The van der Waals surface area contributed by atoms with Crippen LogP contribution in [0.15, 0.2) is 48.7 Å². The van der Waals surface area contributed by atoms with Crippen LogP contribution in [0, 0.1) is 5.92 Å². The molecule has 3 aromatic rings. The molecule has 3 heterocycles. The smallest absolute Gasteiger partial charge is 0.308 e. The molecule has 5 rings (SSSR count). The van der Waals surface area contributed by atoms with Gasteiger partial charge in [0.2, 0.25) is 0 Å². The number of carbonyl (C=O) groups is 2. The molecule has 2 aliphatic rings. The molecule has 0 radical (unpaired) electrons. The highest BCUT2D eigenvalue weighted by atomic mass is 16.7. The van der Waals surface area contributed by atoms with Gasteiger partial charge in [0.1, 0.15) is 5.75 Å². The predicted molar refractivity (Wildman–Crippen MR) is 151 cm³/mol. The van der Waals surface area contributed by atoms with Crippen LogP contribution in [0.5, 0.6) is 11.6 Å². The van der Waals surface area contributed by atoms with Gasteiger partial charge >= 0.3 is 5.97 Å². The van der Waals surface area contributed by atoms with Gasteiger partial charge in [-0.05, 0) is 42.5 Å². The lowest BCUT2D eigenvalue weighted by molar-refractivity contribution is -0.188. The summed E-state index contributed by atoms with van der Waals surface area (Å²) >= 11 is 0. The molecule has 2 aliphatic heterocycles. The molecular weight excluding hydrogens is 510 g/mol. The Balaban J connectivity index is 1.43. The van der Waals surface area contributed by atoms with E-state index in [1.54, 1.807) is 4.57 Å². The molecule has 40 heavy (non-hydrogen) atoms. The molecule has 1 fully saturated rings. The Bertz CT molecular complexity index is 1350. The minimum atomic E-state index is -0.878. The first kappa shape index (κ1) is 28.0. The first-order valence-corrected chi connectivity index (χ1v) is 14.3. The Morgan fingerprint density at radius 2 is 1.98 bits per heavy atom. The van der Waals surface area contributed by atoms with Crippen molar-refractivity contribution in [2.24, 2.45) is 5.92 Å². The van der Waals surface area contributed by atoms with Crippen LogP contribution < -0.4 is 4.74 Å². The van der Waals surface area contributed by atoms with E-state index in [1.807, 2.05) is 61.3 Å². The average molecular weight is 550 g/mol. The molecule has 3 atom stereocenters. The van der Waals surface area contributed by atoms with Crippen LogP contribution in [0.2, 0.25) is 0 Å². The number of benzene rings is 2. The van der Waals surface area contributed by atoms with Crippen molar-refractivity contribution >= 4 is 22.6 Å². The number of nitrogens with zero attached hydrogens (tertiary/aromatic N) is 3. The van der Waals surface area contributed by atoms with Crippen LogP contribution in [-0.4, -0.2) is 75.5 Å². The van der Waals surface area contributed by atoms with E-state index in [0.717, 1.165) is 46.9 Å². The second-order valence-corrected chi connectivity index (χ2v) is 10.8. The zero-order valence-corrected chi connectivity index (χ0v) is 23.3. The molecule has 0 unspecified atom stereocenters. The summed E-state index contributed by atoms with van der Waals surface area (Å²) in [4.78, 5) is 34.0. The van der Waals surface area contributed by atoms with Crippen molar-refractivity contribution in [3.63, 3.8) is 0 Å². The largest absolute Gasteiger partial charge is 0.494 e. The van der Waals surface area contributed by atoms with Crippen molar-refractivity contribution in [1.82, 2.24) is 14.5 Å². The number of rotatable bonds is 12. The topological polar surface area (TPSA) is 104 Å². The van der Waals surface area contributed by atoms with Gasteiger partial charge in [0.05, 0.1) is 25.7 Å². The van der Waals surface area contributed by atoms with Gasteiger partial charge in [0, 0.05) is 55.0 Å². The second-order valence-electron chi connectivity index (χ2n) is 10.8. The highest BCUT2D eigenvalue weighted by molar-refractivity contribution is 5.87. The maximum absolute atomic E-state index is 13.4. The Morgan fingerprint density at radius 3 is 2.73 bits per heavy atom. The average Bonchev–Trinajstić information content (AvgIpc) is 3.65. The first-order valence-electron chi connectivity index (χ1n) is 14.3. The van der Waals surface area contributed by atoms with Crippen LogP contribution in [0.25, 0.3) is 10.8 Å². The monoisotopic (exact) mass is 549 g/mol. The zero-order chi connectivity index (χ0) is 28.2. The van der Waals surface area contributed by atoms with Gasteiger partial charge in [0.25, 0.3) is 5.91 Å². The summed E-state index contributed by atoms with van der Waals surface area (Å²) in [7, 11) is 0. The Hall–Kier alpha value is -3.56. The molecule has 1 aromatic heterocycles. The Kier molecular flexibility index (Phi) is 8.61. The molecule has 9 nitrogen and oxygen atoms in total. The fraction of sp³-hybridized carbons (Fsp3) is 0.484. The number of aromatic hydroxyl groups is 1. The van der Waals surface area contributed by atoms with Crippen LogP contribution in [-0.2, 0) is 27.4 Å². The van der Waals surface area contributed by atoms with E-state index in [9.17, 15) is 19.8 Å². The number of carbonyl (C=O) groups excluding carboxylic acids is 1. The van der Waals surface area contributed by atoms with E-state index in [-0.39, 0.29) is 24.2 Å². The molecule has 0 aliphatic carbocycles. The number of ether oxygens (including phenoxy) is 1. The van der Waals surface area contributed by atoms with Gasteiger partial charge < -0.3 is 19.5 Å². The molecule has 2 N–H and O–H groups in total. The highest BCUT2D eigenvalue weighted by Crippen LogP contribution is 2.41. The quantitative estimate of drug-likeness (QED) is 0.322. The lowest BCUT2D eigenvalue weighted by Crippen LogP contribution is -2.44. The van der Waals surface area contributed by atoms with Gasteiger partial charge in [-0.15, -0.1) is 0 Å². The van der Waals surface area contributed by atoms with Crippen molar-refractivity contribution in [3.8, 4) is 11.6 Å². The number of hydrogen-bond acceptors (Lipinski definition) is 6. The number of carboxylic acid groups (broad SMARTS) is 1. The summed E-state index contributed by atoms with van der Waals surface area (Å²) in [6.45, 7) is 6.50. The lowest BCUT2D eigenvalue weighted by Gasteiger charge is -2.29. The van der Waals surface area contributed by atoms with E-state index in [4.69, 9.17) is 9.57 Å². The van der Waals surface area contributed by atoms with Crippen molar-refractivity contribution in [2.75, 3.05) is 32.8 Å². The normalized spacial score (nSPS) is 20.5. The molecule has 0 bridgehead atoms. The molecule has 0 saturated carbocycles. The summed E-state index contributed by atoms with van der Waals surface area (Å²) in [6.07, 6.45) is 4.72. The van der Waals surface area contributed by atoms with Crippen LogP contribution in [0.1, 0.15) is 50.2 Å². The number of hydrogen-bond donors (Lipinski definition) is 2. The SMILES string of the molecule is CCCON(CCC)C(=O)CN1C[C@H](c2ccc3c(c2)CCO3)[C@@H](C(=O)O)[C@@H]1CCn1cc2ccccc2c1O. The van der Waals surface area contributed by atoms with Gasteiger partial charge in [-0.2, -0.15) is 0 Å². The van der Waals surface area contributed by atoms with Gasteiger partial charge in [0.15, 0.2) is 5.88 Å².